The van der Waals surface area contributed by atoms with Crippen LogP contribution in [0.5, 0.6) is 0 Å². The van der Waals surface area contributed by atoms with Crippen molar-refractivity contribution in [3.05, 3.63) is 103 Å². The molecule has 320 valence electrons. The summed E-state index contributed by atoms with van der Waals surface area (Å²) in [5, 5.41) is 20.7. The minimum atomic E-state index is -5.36. The summed E-state index contributed by atoms with van der Waals surface area (Å²) in [5.74, 6) is -3.47. The number of hydrogen-bond acceptors (Lipinski definition) is 12. The Hall–Kier alpha value is -6.50. The molecule has 3 aliphatic rings. The van der Waals surface area contributed by atoms with Crippen LogP contribution in [0.1, 0.15) is 48.8 Å². The highest BCUT2D eigenvalue weighted by Gasteiger charge is 2.52. The lowest BCUT2D eigenvalue weighted by Gasteiger charge is -2.33. The molecular formula is C42H46F3N11O5. The number of carbonyl (C=O) groups excluding carboxylic acids is 3. The van der Waals surface area contributed by atoms with Crippen molar-refractivity contribution in [2.24, 2.45) is 11.7 Å². The van der Waals surface area contributed by atoms with Gasteiger partial charge in [-0.1, -0.05) is 66.7 Å². The molecule has 2 saturated heterocycles. The number of benzene rings is 2. The maximum atomic E-state index is 13.4. The number of rotatable bonds is 12. The molecular weight excluding hydrogens is 796 g/mol. The van der Waals surface area contributed by atoms with E-state index in [1.807, 2.05) is 83.8 Å². The smallest absolute Gasteiger partial charge is 0.451 e. The number of ether oxygens (including phenoxy) is 1. The molecule has 8 rings (SSSR count). The average Bonchev–Trinajstić information content (AvgIpc) is 3.99. The molecule has 5 heterocycles. The van der Waals surface area contributed by atoms with E-state index >= 15 is 0 Å². The van der Waals surface area contributed by atoms with E-state index in [0.29, 0.717) is 31.9 Å². The SMILES string of the molecule is NC(=O)[C@H]1C[C@@H](n2cnc3c(NCC(c4ccccc4)c4ccccc4)nc(N4CC[C@@H](NC(=O)NC5CCN(c6ccccn6)CC5)C4)nc32)[C@H](OC(=O)C(F)(F)F)[C@@H]1O. The van der Waals surface area contributed by atoms with E-state index in [2.05, 4.69) is 30.8 Å². The van der Waals surface area contributed by atoms with Crippen LogP contribution in [0.2, 0.25) is 0 Å². The molecule has 6 N–H and O–H groups in total. The fourth-order valence-corrected chi connectivity index (χ4v) is 8.56. The summed E-state index contributed by atoms with van der Waals surface area (Å²) in [6, 6.07) is 23.8. The van der Waals surface area contributed by atoms with Crippen LogP contribution in [0.25, 0.3) is 11.2 Å². The van der Waals surface area contributed by atoms with Crippen molar-refractivity contribution in [1.29, 1.82) is 0 Å². The monoisotopic (exact) mass is 841 g/mol. The van der Waals surface area contributed by atoms with Crippen molar-refractivity contribution in [2.45, 2.75) is 68.1 Å². The number of hydrogen-bond donors (Lipinski definition) is 5. The Morgan fingerprint density at radius 3 is 2.13 bits per heavy atom. The third kappa shape index (κ3) is 9.15. The first kappa shape index (κ1) is 41.2. The Balaban J connectivity index is 1.05. The van der Waals surface area contributed by atoms with Gasteiger partial charge in [0.05, 0.1) is 18.3 Å². The average molecular weight is 842 g/mol. The van der Waals surface area contributed by atoms with Crippen molar-refractivity contribution >= 4 is 46.7 Å². The highest BCUT2D eigenvalue weighted by Crippen LogP contribution is 2.41. The van der Waals surface area contributed by atoms with E-state index in [-0.39, 0.29) is 47.6 Å². The topological polar surface area (TPSA) is 206 Å². The second-order valence-corrected chi connectivity index (χ2v) is 15.6. The van der Waals surface area contributed by atoms with Crippen LogP contribution in [0.15, 0.2) is 91.4 Å². The van der Waals surface area contributed by atoms with Crippen LogP contribution in [0.4, 0.5) is 35.5 Å². The number of nitrogens with two attached hydrogens (primary N) is 1. The largest absolute Gasteiger partial charge is 0.490 e. The van der Waals surface area contributed by atoms with E-state index in [1.54, 1.807) is 6.20 Å². The van der Waals surface area contributed by atoms with Gasteiger partial charge in [-0.25, -0.2) is 19.6 Å². The van der Waals surface area contributed by atoms with Gasteiger partial charge in [0.15, 0.2) is 17.0 Å². The van der Waals surface area contributed by atoms with Crippen LogP contribution in [0, 0.1) is 5.92 Å². The zero-order chi connectivity index (χ0) is 42.7. The Kier molecular flexibility index (Phi) is 11.9. The number of alkyl halides is 3. The zero-order valence-corrected chi connectivity index (χ0v) is 33.0. The lowest BCUT2D eigenvalue weighted by molar-refractivity contribution is -0.210. The number of aliphatic hydroxyl groups excluding tert-OH is 1. The standard InChI is InChI=1S/C42H46F3N11O5/c43-42(44,45)39(59)61-35-31(21-29(34(35)57)36(46)58)56-24-49-33-37(48-22-30(25-9-3-1-4-10-25)26-11-5-2-6-12-26)52-40(53-38(33)56)55-20-16-28(23-55)51-41(60)50-27-14-18-54(19-15-27)32-13-7-8-17-47-32/h1-13,17,24,27-31,34-35,57H,14-16,18-23H2,(H2,46,58)(H,48,52,53)(H2,50,51,60)/t28-,29+,31-,34-,35+/m1/s1. The fraction of sp³-hybridized carbons (Fsp3) is 0.405. The molecule has 61 heavy (non-hydrogen) atoms. The molecule has 0 bridgehead atoms. The molecule has 1 aliphatic carbocycles. The number of anilines is 3. The van der Waals surface area contributed by atoms with Gasteiger partial charge in [-0.15, -0.1) is 0 Å². The number of primary amides is 1. The molecule has 3 amide bonds. The van der Waals surface area contributed by atoms with Gasteiger partial charge in [-0.05, 0) is 48.9 Å². The van der Waals surface area contributed by atoms with E-state index in [1.165, 1.54) is 10.9 Å². The number of amides is 3. The van der Waals surface area contributed by atoms with Gasteiger partial charge in [-0.2, -0.15) is 23.1 Å². The Morgan fingerprint density at radius 1 is 0.852 bits per heavy atom. The van der Waals surface area contributed by atoms with E-state index in [0.717, 1.165) is 42.9 Å². The molecule has 19 heteroatoms. The molecule has 16 nitrogen and oxygen atoms in total. The molecule has 3 fully saturated rings. The predicted octanol–water partition coefficient (Wildman–Crippen LogP) is 3.89. The first-order valence-corrected chi connectivity index (χ1v) is 20.2. The number of carbonyl (C=O) groups is 3. The minimum Gasteiger partial charge on any atom is -0.451 e. The van der Waals surface area contributed by atoms with Crippen molar-refractivity contribution < 1.29 is 37.4 Å². The number of urea groups is 1. The number of fused-ring (bicyclic) bond motifs is 1. The summed E-state index contributed by atoms with van der Waals surface area (Å²) in [7, 11) is 0. The molecule has 0 spiro atoms. The maximum Gasteiger partial charge on any atom is 0.490 e. The zero-order valence-electron chi connectivity index (χ0n) is 33.0. The lowest BCUT2D eigenvalue weighted by atomic mass is 9.91. The maximum absolute atomic E-state index is 13.4. The molecule has 2 aromatic carbocycles. The van der Waals surface area contributed by atoms with Gasteiger partial charge < -0.3 is 45.9 Å². The van der Waals surface area contributed by atoms with Gasteiger partial charge in [0.25, 0.3) is 0 Å². The van der Waals surface area contributed by atoms with Crippen molar-refractivity contribution in [3.63, 3.8) is 0 Å². The second-order valence-electron chi connectivity index (χ2n) is 15.6. The van der Waals surface area contributed by atoms with Crippen LogP contribution in [-0.2, 0) is 14.3 Å². The number of imidazole rings is 1. The summed E-state index contributed by atoms with van der Waals surface area (Å²) in [5.41, 5.74) is 8.03. The number of aromatic nitrogens is 5. The number of nitrogens with one attached hydrogen (secondary N) is 3. The summed E-state index contributed by atoms with van der Waals surface area (Å²) in [4.78, 5) is 60.5. The summed E-state index contributed by atoms with van der Waals surface area (Å²) in [6.45, 7) is 2.69. The second kappa shape index (κ2) is 17.6. The van der Waals surface area contributed by atoms with Crippen molar-refractivity contribution in [1.82, 2.24) is 35.1 Å². The molecule has 0 radical (unpaired) electrons. The molecule has 5 atom stereocenters. The third-order valence-corrected chi connectivity index (χ3v) is 11.7. The van der Waals surface area contributed by atoms with Gasteiger partial charge in [0, 0.05) is 56.9 Å². The molecule has 0 unspecified atom stereocenters. The first-order chi connectivity index (χ1) is 29.4. The molecule has 1 saturated carbocycles. The van der Waals surface area contributed by atoms with Crippen molar-refractivity contribution in [3.8, 4) is 0 Å². The van der Waals surface area contributed by atoms with Gasteiger partial charge >= 0.3 is 18.2 Å². The quantitative estimate of drug-likeness (QED) is 0.114. The lowest BCUT2D eigenvalue weighted by Crippen LogP contribution is -2.50. The number of piperidine rings is 1. The Morgan fingerprint density at radius 2 is 1.49 bits per heavy atom. The van der Waals surface area contributed by atoms with Gasteiger partial charge in [0.1, 0.15) is 18.0 Å². The number of pyridine rings is 1. The van der Waals surface area contributed by atoms with E-state index < -0.39 is 42.2 Å². The van der Waals surface area contributed by atoms with Gasteiger partial charge in [-0.3, -0.25) is 4.79 Å². The molecule has 3 aromatic heterocycles. The first-order valence-electron chi connectivity index (χ1n) is 20.2. The number of halogens is 3. The highest BCUT2D eigenvalue weighted by molar-refractivity contribution is 5.85. The number of aliphatic hydroxyl groups is 1. The van der Waals surface area contributed by atoms with Crippen molar-refractivity contribution in [2.75, 3.05) is 47.8 Å². The summed E-state index contributed by atoms with van der Waals surface area (Å²) < 4.78 is 46.6. The van der Waals surface area contributed by atoms with Crippen LogP contribution >= 0.6 is 0 Å². The Labute approximate surface area is 348 Å². The fourth-order valence-electron chi connectivity index (χ4n) is 8.56. The normalized spacial score (nSPS) is 22.1. The van der Waals surface area contributed by atoms with E-state index in [9.17, 15) is 32.7 Å². The Bertz CT molecular complexity index is 2270. The molecule has 5 aromatic rings. The minimum absolute atomic E-state index is 0.00442. The number of esters is 1. The van der Waals surface area contributed by atoms with Crippen LogP contribution in [0.3, 0.4) is 0 Å². The van der Waals surface area contributed by atoms with E-state index in [4.69, 9.17) is 20.4 Å². The summed E-state index contributed by atoms with van der Waals surface area (Å²) >= 11 is 0. The van der Waals surface area contributed by atoms with Crippen LogP contribution in [-0.4, -0.2) is 111 Å². The van der Waals surface area contributed by atoms with Crippen LogP contribution < -0.4 is 31.5 Å². The third-order valence-electron chi connectivity index (χ3n) is 11.7. The number of nitrogens with zero attached hydrogens (tertiary/aromatic N) is 7. The van der Waals surface area contributed by atoms with Gasteiger partial charge in [0.2, 0.25) is 11.9 Å². The highest BCUT2D eigenvalue weighted by atomic mass is 19.4. The summed E-state index contributed by atoms with van der Waals surface area (Å²) in [6.07, 6.45) is -4.06. The molecule has 2 aliphatic heterocycles. The predicted molar refractivity (Wildman–Crippen MR) is 219 cm³/mol.